The zero-order valence-corrected chi connectivity index (χ0v) is 16.9. The summed E-state index contributed by atoms with van der Waals surface area (Å²) in [5.41, 5.74) is 1.30. The molecule has 2 aromatic rings. The van der Waals surface area contributed by atoms with Gasteiger partial charge in [-0.1, -0.05) is 0 Å². The van der Waals surface area contributed by atoms with E-state index in [1.54, 1.807) is 42.5 Å². The number of anilines is 1. The third kappa shape index (κ3) is 5.05. The molecule has 3 rings (SSSR count). The van der Waals surface area contributed by atoms with Crippen LogP contribution in [0, 0.1) is 0 Å². The number of ether oxygens (including phenoxy) is 2. The first-order valence-electron chi connectivity index (χ1n) is 8.96. The summed E-state index contributed by atoms with van der Waals surface area (Å²) in [6, 6.07) is 10.8. The van der Waals surface area contributed by atoms with Gasteiger partial charge in [-0.15, -0.1) is 0 Å². The molecule has 1 heterocycles. The summed E-state index contributed by atoms with van der Waals surface area (Å²) in [7, 11) is -0.0532. The van der Waals surface area contributed by atoms with E-state index in [2.05, 4.69) is 10.6 Å². The summed E-state index contributed by atoms with van der Waals surface area (Å²) in [6.07, 6.45) is 0.424. The number of methoxy groups -OCH3 is 2. The maximum atomic E-state index is 12.4. The number of hydrogen-bond donors (Lipinski definition) is 2. The third-order valence-corrected chi connectivity index (χ3v) is 6.39. The number of benzene rings is 2. The molecular weight excluding hydrogens is 396 g/mol. The van der Waals surface area contributed by atoms with E-state index in [-0.39, 0.29) is 29.4 Å². The van der Waals surface area contributed by atoms with Gasteiger partial charge in [0.1, 0.15) is 0 Å². The van der Waals surface area contributed by atoms with Gasteiger partial charge in [-0.3, -0.25) is 9.59 Å². The van der Waals surface area contributed by atoms with Crippen LogP contribution in [-0.4, -0.2) is 52.0 Å². The minimum absolute atomic E-state index is 0.0296. The van der Waals surface area contributed by atoms with Crippen LogP contribution in [0.25, 0.3) is 0 Å². The molecule has 1 aliphatic rings. The van der Waals surface area contributed by atoms with Crippen molar-refractivity contribution < 1.29 is 27.5 Å². The standard InChI is InChI=1S/C20H22N2O6S/c1-27-17-8-5-14(11-18(17)28-2)20(24)21-15-6-3-13(4-7-15)19(23)22-16-9-10-29(25,26)12-16/h3-8,11,16H,9-10,12H2,1-2H3,(H,21,24)(H,22,23)/t16-/m1/s1. The molecule has 0 bridgehead atoms. The molecule has 0 spiro atoms. The van der Waals surface area contributed by atoms with Crippen LogP contribution in [0.3, 0.4) is 0 Å². The summed E-state index contributed by atoms with van der Waals surface area (Å²) in [6.45, 7) is 0. The molecule has 1 aliphatic heterocycles. The van der Waals surface area contributed by atoms with Gasteiger partial charge in [0.2, 0.25) is 0 Å². The van der Waals surface area contributed by atoms with Crippen LogP contribution in [0.2, 0.25) is 0 Å². The van der Waals surface area contributed by atoms with E-state index < -0.39 is 9.84 Å². The van der Waals surface area contributed by atoms with Crippen LogP contribution in [-0.2, 0) is 9.84 Å². The number of carbonyl (C=O) groups excluding carboxylic acids is 2. The van der Waals surface area contributed by atoms with Crippen LogP contribution in [0.5, 0.6) is 11.5 Å². The first kappa shape index (κ1) is 20.7. The Kier molecular flexibility index (Phi) is 6.07. The van der Waals surface area contributed by atoms with Crippen LogP contribution in [0.1, 0.15) is 27.1 Å². The van der Waals surface area contributed by atoms with Gasteiger partial charge < -0.3 is 20.1 Å². The highest BCUT2D eigenvalue weighted by molar-refractivity contribution is 7.91. The Hall–Kier alpha value is -3.07. The second kappa shape index (κ2) is 8.52. The minimum atomic E-state index is -3.06. The molecule has 2 N–H and O–H groups in total. The van der Waals surface area contributed by atoms with Gasteiger partial charge in [0.25, 0.3) is 11.8 Å². The van der Waals surface area contributed by atoms with Crippen molar-refractivity contribution in [3.05, 3.63) is 53.6 Å². The van der Waals surface area contributed by atoms with Crippen LogP contribution < -0.4 is 20.1 Å². The van der Waals surface area contributed by atoms with Crippen molar-refractivity contribution in [2.24, 2.45) is 0 Å². The Morgan fingerprint density at radius 2 is 1.59 bits per heavy atom. The van der Waals surface area contributed by atoms with E-state index in [1.165, 1.54) is 14.2 Å². The van der Waals surface area contributed by atoms with Crippen LogP contribution in [0.15, 0.2) is 42.5 Å². The fourth-order valence-corrected chi connectivity index (χ4v) is 4.74. The SMILES string of the molecule is COc1ccc(C(=O)Nc2ccc(C(=O)N[C@@H]3CCS(=O)(=O)C3)cc2)cc1OC. The number of nitrogens with one attached hydrogen (secondary N) is 2. The molecule has 0 radical (unpaired) electrons. The molecule has 154 valence electrons. The average molecular weight is 418 g/mol. The van der Waals surface area contributed by atoms with Crippen LogP contribution >= 0.6 is 0 Å². The predicted molar refractivity (Wildman–Crippen MR) is 108 cm³/mol. The summed E-state index contributed by atoms with van der Waals surface area (Å²) >= 11 is 0. The second-order valence-electron chi connectivity index (χ2n) is 6.67. The van der Waals surface area contributed by atoms with Gasteiger partial charge in [-0.2, -0.15) is 0 Å². The molecule has 29 heavy (non-hydrogen) atoms. The van der Waals surface area contributed by atoms with Crippen molar-refractivity contribution in [3.8, 4) is 11.5 Å². The lowest BCUT2D eigenvalue weighted by molar-refractivity contribution is 0.0940. The van der Waals surface area contributed by atoms with E-state index in [0.29, 0.717) is 34.7 Å². The Labute approximate surface area is 169 Å². The van der Waals surface area contributed by atoms with Crippen molar-refractivity contribution in [1.29, 1.82) is 0 Å². The number of carbonyl (C=O) groups is 2. The highest BCUT2D eigenvalue weighted by atomic mass is 32.2. The molecule has 0 saturated carbocycles. The average Bonchev–Trinajstić information content (AvgIpc) is 3.05. The zero-order chi connectivity index (χ0) is 21.0. The van der Waals surface area contributed by atoms with Gasteiger partial charge in [-0.25, -0.2) is 8.42 Å². The lowest BCUT2D eigenvalue weighted by Crippen LogP contribution is -2.35. The quantitative estimate of drug-likeness (QED) is 0.741. The predicted octanol–water partition coefficient (Wildman–Crippen LogP) is 1.87. The Balaban J connectivity index is 1.63. The normalized spacial score (nSPS) is 17.4. The molecule has 0 unspecified atom stereocenters. The summed E-state index contributed by atoms with van der Waals surface area (Å²) in [4.78, 5) is 24.7. The molecule has 2 amide bonds. The minimum Gasteiger partial charge on any atom is -0.493 e. The first-order valence-corrected chi connectivity index (χ1v) is 10.8. The second-order valence-corrected chi connectivity index (χ2v) is 8.90. The van der Waals surface area contributed by atoms with Gasteiger partial charge in [-0.05, 0) is 48.9 Å². The molecule has 0 aromatic heterocycles. The zero-order valence-electron chi connectivity index (χ0n) is 16.1. The molecular formula is C20H22N2O6S. The maximum Gasteiger partial charge on any atom is 0.255 e. The monoisotopic (exact) mass is 418 g/mol. The molecule has 1 atom stereocenters. The Bertz CT molecular complexity index is 1020. The molecule has 2 aromatic carbocycles. The maximum absolute atomic E-state index is 12.4. The van der Waals surface area contributed by atoms with Crippen molar-refractivity contribution >= 4 is 27.3 Å². The van der Waals surface area contributed by atoms with Gasteiger partial charge in [0.05, 0.1) is 25.7 Å². The summed E-state index contributed by atoms with van der Waals surface area (Å²) in [5.74, 6) is 0.358. The van der Waals surface area contributed by atoms with E-state index in [9.17, 15) is 18.0 Å². The molecule has 0 aliphatic carbocycles. The van der Waals surface area contributed by atoms with Crippen molar-refractivity contribution in [1.82, 2.24) is 5.32 Å². The topological polar surface area (TPSA) is 111 Å². The Morgan fingerprint density at radius 1 is 0.931 bits per heavy atom. The lowest BCUT2D eigenvalue weighted by Gasteiger charge is -2.12. The van der Waals surface area contributed by atoms with Crippen molar-refractivity contribution in [2.75, 3.05) is 31.0 Å². The number of hydrogen-bond acceptors (Lipinski definition) is 6. The number of sulfone groups is 1. The summed E-state index contributed by atoms with van der Waals surface area (Å²) < 4.78 is 33.3. The van der Waals surface area contributed by atoms with Gasteiger partial charge in [0, 0.05) is 22.9 Å². The van der Waals surface area contributed by atoms with Gasteiger partial charge >= 0.3 is 0 Å². The molecule has 1 fully saturated rings. The van der Waals surface area contributed by atoms with Crippen LogP contribution in [0.4, 0.5) is 5.69 Å². The number of amides is 2. The van der Waals surface area contributed by atoms with Crippen molar-refractivity contribution in [3.63, 3.8) is 0 Å². The van der Waals surface area contributed by atoms with Crippen molar-refractivity contribution in [2.45, 2.75) is 12.5 Å². The van der Waals surface area contributed by atoms with E-state index in [0.717, 1.165) is 0 Å². The smallest absolute Gasteiger partial charge is 0.255 e. The Morgan fingerprint density at radius 3 is 2.17 bits per heavy atom. The van der Waals surface area contributed by atoms with Gasteiger partial charge in [0.15, 0.2) is 21.3 Å². The van der Waals surface area contributed by atoms with E-state index in [1.807, 2.05) is 0 Å². The molecule has 1 saturated heterocycles. The molecule has 9 heteroatoms. The largest absolute Gasteiger partial charge is 0.493 e. The highest BCUT2D eigenvalue weighted by Gasteiger charge is 2.29. The van der Waals surface area contributed by atoms with E-state index >= 15 is 0 Å². The lowest BCUT2D eigenvalue weighted by atomic mass is 10.1. The summed E-state index contributed by atoms with van der Waals surface area (Å²) in [5, 5.41) is 5.48. The fourth-order valence-electron chi connectivity index (χ4n) is 3.06. The first-order chi connectivity index (χ1) is 13.8. The fraction of sp³-hybridized carbons (Fsp3) is 0.300. The highest BCUT2D eigenvalue weighted by Crippen LogP contribution is 2.28. The molecule has 8 nitrogen and oxygen atoms in total. The third-order valence-electron chi connectivity index (χ3n) is 4.62. The van der Waals surface area contributed by atoms with E-state index in [4.69, 9.17) is 9.47 Å². The number of rotatable bonds is 6.